The van der Waals surface area contributed by atoms with E-state index in [-0.39, 0.29) is 17.4 Å². The molecule has 1 fully saturated rings. The average molecular weight is 473 g/mol. The third kappa shape index (κ3) is 3.76. The first-order chi connectivity index (χ1) is 16.9. The van der Waals surface area contributed by atoms with Crippen LogP contribution in [0, 0.1) is 0 Å². The lowest BCUT2D eigenvalue weighted by Gasteiger charge is -2.17. The number of nitrogens with zero attached hydrogens (tertiary/aromatic N) is 1. The molecule has 0 unspecified atom stereocenters. The molecule has 2 aliphatic rings. The van der Waals surface area contributed by atoms with E-state index in [0.717, 1.165) is 27.6 Å². The minimum absolute atomic E-state index is 0.0450. The highest BCUT2D eigenvalue weighted by molar-refractivity contribution is 6.03. The topological polar surface area (TPSA) is 86.5 Å². The Balaban J connectivity index is 1.33. The van der Waals surface area contributed by atoms with Gasteiger partial charge in [-0.3, -0.25) is 4.79 Å². The van der Waals surface area contributed by atoms with Gasteiger partial charge in [0.1, 0.15) is 5.82 Å². The highest BCUT2D eigenvalue weighted by atomic mass is 19.3. The SMILES string of the molecule is NCc1ccc(-c2nc(NC(=O)C3(c4ccc5c(c4)OC(F)(F)O5)CC3)cc3ccccc23)cc1. The summed E-state index contributed by atoms with van der Waals surface area (Å²) in [6.07, 6.45) is -2.51. The number of aromatic nitrogens is 1. The molecular weight excluding hydrogens is 452 g/mol. The maximum atomic E-state index is 13.4. The van der Waals surface area contributed by atoms with Gasteiger partial charge in [0.25, 0.3) is 0 Å². The molecule has 3 aromatic carbocycles. The van der Waals surface area contributed by atoms with Crippen molar-refractivity contribution in [1.82, 2.24) is 4.98 Å². The fraction of sp³-hybridized carbons (Fsp3) is 0.185. The smallest absolute Gasteiger partial charge is 0.395 e. The van der Waals surface area contributed by atoms with Crippen molar-refractivity contribution < 1.29 is 23.0 Å². The number of nitrogens with two attached hydrogens (primary N) is 1. The number of hydrogen-bond acceptors (Lipinski definition) is 5. The molecule has 6 rings (SSSR count). The molecule has 1 amide bonds. The first kappa shape index (κ1) is 21.5. The lowest BCUT2D eigenvalue weighted by atomic mass is 9.94. The third-order valence-electron chi connectivity index (χ3n) is 6.58. The van der Waals surface area contributed by atoms with Crippen LogP contribution in [0.25, 0.3) is 22.0 Å². The number of nitrogens with one attached hydrogen (secondary N) is 1. The molecule has 6 nitrogen and oxygen atoms in total. The van der Waals surface area contributed by atoms with Crippen molar-refractivity contribution in [3.63, 3.8) is 0 Å². The molecule has 0 spiro atoms. The number of benzene rings is 3. The summed E-state index contributed by atoms with van der Waals surface area (Å²) in [5, 5.41) is 4.86. The van der Waals surface area contributed by atoms with Crippen molar-refractivity contribution in [2.45, 2.75) is 31.1 Å². The second kappa shape index (κ2) is 7.74. The number of rotatable bonds is 5. The fourth-order valence-corrected chi connectivity index (χ4v) is 4.54. The maximum Gasteiger partial charge on any atom is 0.586 e. The standard InChI is InChI=1S/C27H21F2N3O3/c28-27(29)34-21-10-9-19(14-22(21)35-27)26(11-12-26)25(33)32-23-13-18-3-1-2-4-20(18)24(31-23)17-7-5-16(15-30)6-8-17/h1-10,13-14H,11-12,15,30H2,(H,31,32,33). The summed E-state index contributed by atoms with van der Waals surface area (Å²) in [6, 6.07) is 22.0. The molecule has 0 atom stereocenters. The van der Waals surface area contributed by atoms with Gasteiger partial charge in [-0.2, -0.15) is 0 Å². The maximum absolute atomic E-state index is 13.4. The molecule has 176 valence electrons. The summed E-state index contributed by atoms with van der Waals surface area (Å²) in [5.74, 6) is 0.0653. The second-order valence-corrected chi connectivity index (χ2v) is 8.84. The highest BCUT2D eigenvalue weighted by Crippen LogP contribution is 2.52. The van der Waals surface area contributed by atoms with E-state index in [4.69, 9.17) is 10.7 Å². The Morgan fingerprint density at radius 2 is 1.71 bits per heavy atom. The molecular formula is C27H21F2N3O3. The van der Waals surface area contributed by atoms with Crippen LogP contribution in [0.3, 0.4) is 0 Å². The van der Waals surface area contributed by atoms with Gasteiger partial charge in [0, 0.05) is 17.5 Å². The Morgan fingerprint density at radius 3 is 2.46 bits per heavy atom. The number of halogens is 2. The summed E-state index contributed by atoms with van der Waals surface area (Å²) in [5.41, 5.74) is 8.18. The van der Waals surface area contributed by atoms with E-state index in [2.05, 4.69) is 14.8 Å². The van der Waals surface area contributed by atoms with Gasteiger partial charge in [0.15, 0.2) is 11.5 Å². The lowest BCUT2D eigenvalue weighted by molar-refractivity contribution is -0.286. The van der Waals surface area contributed by atoms with E-state index >= 15 is 0 Å². The predicted molar refractivity (Wildman–Crippen MR) is 127 cm³/mol. The van der Waals surface area contributed by atoms with E-state index in [0.29, 0.717) is 30.8 Å². The average Bonchev–Trinajstić information content (AvgIpc) is 3.60. The number of alkyl halides is 2. The molecule has 1 aromatic heterocycles. The molecule has 8 heteroatoms. The number of ether oxygens (including phenoxy) is 2. The van der Waals surface area contributed by atoms with Gasteiger partial charge in [0.2, 0.25) is 5.91 Å². The van der Waals surface area contributed by atoms with Crippen LogP contribution in [0.1, 0.15) is 24.0 Å². The van der Waals surface area contributed by atoms with Crippen LogP contribution >= 0.6 is 0 Å². The monoisotopic (exact) mass is 473 g/mol. The molecule has 2 heterocycles. The van der Waals surface area contributed by atoms with Gasteiger partial charge in [-0.05, 0) is 47.6 Å². The number of pyridine rings is 1. The van der Waals surface area contributed by atoms with Crippen LogP contribution in [-0.2, 0) is 16.8 Å². The summed E-state index contributed by atoms with van der Waals surface area (Å²) in [6.45, 7) is 0.449. The molecule has 3 N–H and O–H groups in total. The summed E-state index contributed by atoms with van der Waals surface area (Å²) >= 11 is 0. The van der Waals surface area contributed by atoms with Crippen molar-refractivity contribution in [1.29, 1.82) is 0 Å². The Kier molecular flexibility index (Phi) is 4.76. The fourth-order valence-electron chi connectivity index (χ4n) is 4.54. The molecule has 0 bridgehead atoms. The second-order valence-electron chi connectivity index (χ2n) is 8.84. The van der Waals surface area contributed by atoms with Gasteiger partial charge >= 0.3 is 6.29 Å². The van der Waals surface area contributed by atoms with Crippen LogP contribution < -0.4 is 20.5 Å². The Hall–Kier alpha value is -4.04. The number of carbonyl (C=O) groups excluding carboxylic acids is 1. The van der Waals surface area contributed by atoms with Gasteiger partial charge in [0.05, 0.1) is 11.1 Å². The van der Waals surface area contributed by atoms with Crippen molar-refractivity contribution >= 4 is 22.5 Å². The minimum Gasteiger partial charge on any atom is -0.395 e. The zero-order valence-electron chi connectivity index (χ0n) is 18.6. The van der Waals surface area contributed by atoms with Crippen molar-refractivity contribution in [3.8, 4) is 22.8 Å². The van der Waals surface area contributed by atoms with Crippen LogP contribution in [0.2, 0.25) is 0 Å². The van der Waals surface area contributed by atoms with Crippen molar-refractivity contribution in [3.05, 3.63) is 83.9 Å². The summed E-state index contributed by atoms with van der Waals surface area (Å²) in [7, 11) is 0. The van der Waals surface area contributed by atoms with E-state index in [9.17, 15) is 13.6 Å². The van der Waals surface area contributed by atoms with Gasteiger partial charge in [-0.25, -0.2) is 4.98 Å². The quantitative estimate of drug-likeness (QED) is 0.408. The minimum atomic E-state index is -3.70. The van der Waals surface area contributed by atoms with E-state index in [1.165, 1.54) is 12.1 Å². The summed E-state index contributed by atoms with van der Waals surface area (Å²) in [4.78, 5) is 18.2. The molecule has 35 heavy (non-hydrogen) atoms. The first-order valence-electron chi connectivity index (χ1n) is 11.3. The van der Waals surface area contributed by atoms with Crippen LogP contribution in [0.4, 0.5) is 14.6 Å². The highest BCUT2D eigenvalue weighted by Gasteiger charge is 2.53. The van der Waals surface area contributed by atoms with Gasteiger partial charge < -0.3 is 20.5 Å². The van der Waals surface area contributed by atoms with Crippen molar-refractivity contribution in [2.24, 2.45) is 5.73 Å². The van der Waals surface area contributed by atoms with E-state index in [1.807, 2.05) is 54.6 Å². The van der Waals surface area contributed by atoms with Gasteiger partial charge in [-0.15, -0.1) is 8.78 Å². The molecule has 1 aliphatic heterocycles. The number of fused-ring (bicyclic) bond motifs is 2. The van der Waals surface area contributed by atoms with Crippen LogP contribution in [0.15, 0.2) is 72.8 Å². The van der Waals surface area contributed by atoms with Crippen molar-refractivity contribution in [2.75, 3.05) is 5.32 Å². The molecule has 0 radical (unpaired) electrons. The van der Waals surface area contributed by atoms with E-state index < -0.39 is 11.7 Å². The molecule has 1 saturated carbocycles. The Bertz CT molecular complexity index is 1470. The molecule has 1 aliphatic carbocycles. The van der Waals surface area contributed by atoms with Crippen LogP contribution in [-0.4, -0.2) is 17.2 Å². The number of carbonyl (C=O) groups is 1. The normalized spacial score (nSPS) is 16.8. The Morgan fingerprint density at radius 1 is 0.971 bits per heavy atom. The predicted octanol–water partition coefficient (Wildman–Crippen LogP) is 5.35. The first-order valence-corrected chi connectivity index (χ1v) is 11.3. The zero-order valence-corrected chi connectivity index (χ0v) is 18.6. The Labute approximate surface area is 199 Å². The number of anilines is 1. The number of hydrogen-bond donors (Lipinski definition) is 2. The molecule has 4 aromatic rings. The third-order valence-corrected chi connectivity index (χ3v) is 6.58. The summed E-state index contributed by atoms with van der Waals surface area (Å²) < 4.78 is 35.9. The molecule has 0 saturated heterocycles. The zero-order chi connectivity index (χ0) is 24.2. The van der Waals surface area contributed by atoms with E-state index in [1.54, 1.807) is 6.07 Å². The largest absolute Gasteiger partial charge is 0.586 e. The van der Waals surface area contributed by atoms with Crippen LogP contribution in [0.5, 0.6) is 11.5 Å². The lowest BCUT2D eigenvalue weighted by Crippen LogP contribution is -2.28. The van der Waals surface area contributed by atoms with Gasteiger partial charge in [-0.1, -0.05) is 54.6 Å². The number of amides is 1.